The van der Waals surface area contributed by atoms with E-state index in [1.165, 1.54) is 6.92 Å². The third-order valence-electron chi connectivity index (χ3n) is 3.11. The zero-order valence-corrected chi connectivity index (χ0v) is 12.1. The predicted octanol–water partition coefficient (Wildman–Crippen LogP) is 1.43. The summed E-state index contributed by atoms with van der Waals surface area (Å²) in [6.07, 6.45) is 1.54. The molecule has 0 radical (unpaired) electrons. The number of carbonyl (C=O) groups is 2. The molecule has 0 saturated carbocycles. The Morgan fingerprint density at radius 2 is 1.95 bits per heavy atom. The van der Waals surface area contributed by atoms with Crippen molar-refractivity contribution in [1.29, 1.82) is 0 Å². The van der Waals surface area contributed by atoms with E-state index in [0.29, 0.717) is 24.2 Å². The Morgan fingerprint density at radius 1 is 1.26 bits per heavy atom. The third-order valence-corrected chi connectivity index (χ3v) is 3.11. The third kappa shape index (κ3) is 3.67. The second-order valence-electron chi connectivity index (χ2n) is 4.60. The maximum absolute atomic E-state index is 12.1. The minimum Gasteiger partial charge on any atom is -0.354 e. The molecule has 0 saturated heterocycles. The summed E-state index contributed by atoms with van der Waals surface area (Å²) in [6.45, 7) is 6.80. The lowest BCUT2D eigenvalue weighted by Gasteiger charge is -2.06. The van der Waals surface area contributed by atoms with Gasteiger partial charge >= 0.3 is 0 Å². The van der Waals surface area contributed by atoms with Crippen molar-refractivity contribution >= 4 is 11.7 Å². The summed E-state index contributed by atoms with van der Waals surface area (Å²) in [5.74, 6) is -0.136. The number of hydrogen-bond acceptors (Lipinski definition) is 3. The lowest BCUT2D eigenvalue weighted by Crippen LogP contribution is -2.27. The fraction of sp³-hybridized carbons (Fsp3) is 0.571. The maximum Gasteiger partial charge on any atom is 0.268 e. The van der Waals surface area contributed by atoms with Crippen molar-refractivity contribution in [2.24, 2.45) is 0 Å². The van der Waals surface area contributed by atoms with Gasteiger partial charge in [0.25, 0.3) is 5.91 Å². The molecule has 0 aromatic carbocycles. The molecule has 1 rings (SSSR count). The van der Waals surface area contributed by atoms with Crippen molar-refractivity contribution in [2.75, 3.05) is 20.1 Å². The number of ketones is 1. The van der Waals surface area contributed by atoms with E-state index >= 15 is 0 Å². The average molecular weight is 265 g/mol. The van der Waals surface area contributed by atoms with E-state index in [-0.39, 0.29) is 11.7 Å². The summed E-state index contributed by atoms with van der Waals surface area (Å²) in [5, 5.41) is 5.89. The summed E-state index contributed by atoms with van der Waals surface area (Å²) >= 11 is 0. The van der Waals surface area contributed by atoms with Crippen LogP contribution in [0.1, 0.15) is 52.4 Å². The van der Waals surface area contributed by atoms with Crippen LogP contribution in [0, 0.1) is 6.92 Å². The van der Waals surface area contributed by atoms with E-state index in [2.05, 4.69) is 15.6 Å². The molecule has 0 bridgehead atoms. The molecule has 106 valence electrons. The normalized spacial score (nSPS) is 10.5. The number of hydrogen-bond donors (Lipinski definition) is 3. The van der Waals surface area contributed by atoms with Crippen LogP contribution in [0.15, 0.2) is 0 Å². The minimum absolute atomic E-state index is 0.000155. The molecule has 5 nitrogen and oxygen atoms in total. The molecule has 1 aromatic heterocycles. The second-order valence-corrected chi connectivity index (χ2v) is 4.60. The molecule has 1 aromatic rings. The second kappa shape index (κ2) is 7.09. The highest BCUT2D eigenvalue weighted by atomic mass is 16.2. The quantitative estimate of drug-likeness (QED) is 0.516. The van der Waals surface area contributed by atoms with Crippen molar-refractivity contribution in [1.82, 2.24) is 15.6 Å². The van der Waals surface area contributed by atoms with E-state index in [1.807, 2.05) is 20.9 Å². The Kier molecular flexibility index (Phi) is 5.76. The molecule has 1 amide bonds. The smallest absolute Gasteiger partial charge is 0.268 e. The topological polar surface area (TPSA) is 74.0 Å². The molecular weight excluding hydrogens is 242 g/mol. The molecule has 0 unspecified atom stereocenters. The van der Waals surface area contributed by atoms with Gasteiger partial charge in [0.1, 0.15) is 5.69 Å². The number of Topliss-reactive ketones (excluding diaryl/α,β-unsaturated/α-hetero) is 1. The highest BCUT2D eigenvalue weighted by molar-refractivity contribution is 6.02. The number of carbonyl (C=O) groups excluding carboxylic acids is 2. The molecule has 0 spiro atoms. The van der Waals surface area contributed by atoms with Gasteiger partial charge in [-0.2, -0.15) is 0 Å². The maximum atomic E-state index is 12.1. The molecule has 0 fully saturated rings. The number of nitrogens with one attached hydrogen (secondary N) is 3. The summed E-state index contributed by atoms with van der Waals surface area (Å²) in [6, 6.07) is 0. The Morgan fingerprint density at radius 3 is 2.47 bits per heavy atom. The van der Waals surface area contributed by atoms with Gasteiger partial charge in [-0.25, -0.2) is 0 Å². The van der Waals surface area contributed by atoms with Crippen molar-refractivity contribution in [3.8, 4) is 0 Å². The number of rotatable bonds is 7. The highest BCUT2D eigenvalue weighted by Crippen LogP contribution is 2.20. The zero-order valence-electron chi connectivity index (χ0n) is 12.1. The lowest BCUT2D eigenvalue weighted by molar-refractivity contribution is 0.0947. The summed E-state index contributed by atoms with van der Waals surface area (Å²) in [7, 11) is 1.88. The van der Waals surface area contributed by atoms with Gasteiger partial charge in [0, 0.05) is 17.8 Å². The van der Waals surface area contributed by atoms with Crippen molar-refractivity contribution < 1.29 is 9.59 Å². The fourth-order valence-electron chi connectivity index (χ4n) is 2.26. The van der Waals surface area contributed by atoms with E-state index in [1.54, 1.807) is 0 Å². The van der Waals surface area contributed by atoms with Gasteiger partial charge in [-0.3, -0.25) is 9.59 Å². The van der Waals surface area contributed by atoms with Gasteiger partial charge in [-0.15, -0.1) is 0 Å². The molecular formula is C14H23N3O2. The molecule has 19 heavy (non-hydrogen) atoms. The van der Waals surface area contributed by atoms with Crippen LogP contribution in [0.5, 0.6) is 0 Å². The number of amides is 1. The number of aryl methyl sites for hydroxylation is 1. The van der Waals surface area contributed by atoms with Crippen LogP contribution in [-0.2, 0) is 6.42 Å². The molecule has 5 heteroatoms. The van der Waals surface area contributed by atoms with Crippen LogP contribution in [-0.4, -0.2) is 36.8 Å². The van der Waals surface area contributed by atoms with Crippen molar-refractivity contribution in [2.45, 2.75) is 33.6 Å². The molecule has 0 aliphatic heterocycles. The monoisotopic (exact) mass is 265 g/mol. The van der Waals surface area contributed by atoms with Crippen LogP contribution in [0.4, 0.5) is 0 Å². The van der Waals surface area contributed by atoms with Crippen LogP contribution in [0.3, 0.4) is 0 Å². The van der Waals surface area contributed by atoms with Gasteiger partial charge in [0.05, 0.1) is 0 Å². The Bertz CT molecular complexity index is 464. The lowest BCUT2D eigenvalue weighted by atomic mass is 10.0. The highest BCUT2D eigenvalue weighted by Gasteiger charge is 2.21. The van der Waals surface area contributed by atoms with Gasteiger partial charge in [-0.1, -0.05) is 6.92 Å². The fourth-order valence-corrected chi connectivity index (χ4v) is 2.26. The van der Waals surface area contributed by atoms with E-state index in [4.69, 9.17) is 0 Å². The van der Waals surface area contributed by atoms with Crippen LogP contribution >= 0.6 is 0 Å². The number of H-pyrrole nitrogens is 1. The molecule has 0 aliphatic carbocycles. The minimum atomic E-state index is -0.136. The van der Waals surface area contributed by atoms with E-state index < -0.39 is 0 Å². The van der Waals surface area contributed by atoms with Crippen LogP contribution in [0.25, 0.3) is 0 Å². The predicted molar refractivity (Wildman–Crippen MR) is 75.8 cm³/mol. The van der Waals surface area contributed by atoms with Gasteiger partial charge in [0.2, 0.25) is 0 Å². The van der Waals surface area contributed by atoms with Crippen LogP contribution < -0.4 is 10.6 Å². The van der Waals surface area contributed by atoms with Gasteiger partial charge in [0.15, 0.2) is 5.78 Å². The van der Waals surface area contributed by atoms with Crippen LogP contribution in [0.2, 0.25) is 0 Å². The Balaban J connectivity index is 2.85. The molecule has 3 N–H and O–H groups in total. The Labute approximate surface area is 114 Å². The average Bonchev–Trinajstić information content (AvgIpc) is 2.71. The summed E-state index contributed by atoms with van der Waals surface area (Å²) < 4.78 is 0. The zero-order chi connectivity index (χ0) is 14.4. The summed E-state index contributed by atoms with van der Waals surface area (Å²) in [4.78, 5) is 26.8. The molecule has 1 heterocycles. The van der Waals surface area contributed by atoms with Gasteiger partial charge in [-0.05, 0) is 45.8 Å². The van der Waals surface area contributed by atoms with Gasteiger partial charge < -0.3 is 15.6 Å². The van der Waals surface area contributed by atoms with E-state index in [9.17, 15) is 9.59 Å². The molecule has 0 atom stereocenters. The number of aromatic nitrogens is 1. The summed E-state index contributed by atoms with van der Waals surface area (Å²) in [5.41, 5.74) is 2.76. The largest absolute Gasteiger partial charge is 0.354 e. The first kappa shape index (κ1) is 15.4. The first-order valence-corrected chi connectivity index (χ1v) is 6.68. The van der Waals surface area contributed by atoms with E-state index in [0.717, 1.165) is 24.2 Å². The SMILES string of the molecule is CCc1c(C(=O)NCCCNC)[nH]c(C)c1C(C)=O. The first-order chi connectivity index (χ1) is 9.02. The first-order valence-electron chi connectivity index (χ1n) is 6.68. The van der Waals surface area contributed by atoms with Crippen molar-refractivity contribution in [3.05, 3.63) is 22.5 Å². The molecule has 0 aliphatic rings. The Hall–Kier alpha value is -1.62. The standard InChI is InChI=1S/C14H23N3O2/c1-5-11-12(10(3)18)9(2)17-13(11)14(19)16-8-6-7-15-4/h15,17H,5-8H2,1-4H3,(H,16,19). The number of aromatic amines is 1. The van der Waals surface area contributed by atoms with Crippen molar-refractivity contribution in [3.63, 3.8) is 0 Å².